The lowest BCUT2D eigenvalue weighted by Crippen LogP contribution is -2.51. The van der Waals surface area contributed by atoms with Crippen LogP contribution in [0.5, 0.6) is 0 Å². The van der Waals surface area contributed by atoms with E-state index in [1.54, 1.807) is 24.4 Å². The van der Waals surface area contributed by atoms with E-state index in [1.807, 2.05) is 13.0 Å². The number of carbonyl (C=O) groups is 1. The number of hydrogen-bond acceptors (Lipinski definition) is 4. The molecule has 34 heavy (non-hydrogen) atoms. The first-order valence-corrected chi connectivity index (χ1v) is 11.9. The fraction of sp³-hybridized carbons (Fsp3) is 0.481. The number of pyridine rings is 1. The lowest BCUT2D eigenvalue weighted by atomic mass is 9.56. The number of hydrogen-bond donors (Lipinski definition) is 1. The standard InChI is InChI=1S/C27H28F3NO3/c1-15-23-21(20-7-2-3-8-22(20)25(32)24(23)26(33)34-15)12-11-19-10-9-17(14-31-19)16-5-4-6-18(13-16)27(28,29)30/h4-6,9-15,20-25,32H,2-3,7-8H2,1H3/b12-11+/t15-,20+,21-,22-,23+,24+,25+/m1/s1. The first kappa shape index (κ1) is 23.1. The van der Waals surface area contributed by atoms with E-state index in [9.17, 15) is 23.1 Å². The smallest absolute Gasteiger partial charge is 0.416 e. The van der Waals surface area contributed by atoms with Crippen LogP contribution < -0.4 is 0 Å². The zero-order valence-corrected chi connectivity index (χ0v) is 18.9. The molecule has 0 unspecified atom stereocenters. The number of allylic oxidation sites excluding steroid dienone is 1. The number of benzene rings is 1. The second-order valence-corrected chi connectivity index (χ2v) is 9.83. The van der Waals surface area contributed by atoms with Crippen molar-refractivity contribution in [3.05, 3.63) is 59.9 Å². The number of ether oxygens (including phenoxy) is 1. The molecule has 1 saturated heterocycles. The average molecular weight is 472 g/mol. The highest BCUT2D eigenvalue weighted by atomic mass is 19.4. The highest BCUT2D eigenvalue weighted by molar-refractivity contribution is 5.76. The molecule has 7 heteroatoms. The molecule has 2 saturated carbocycles. The van der Waals surface area contributed by atoms with Crippen LogP contribution in [0.25, 0.3) is 17.2 Å². The largest absolute Gasteiger partial charge is 0.462 e. The maximum absolute atomic E-state index is 13.0. The Balaban J connectivity index is 1.39. The number of alkyl halides is 3. The molecule has 1 aliphatic heterocycles. The van der Waals surface area contributed by atoms with E-state index in [0.717, 1.165) is 37.8 Å². The van der Waals surface area contributed by atoms with Gasteiger partial charge in [0.1, 0.15) is 6.10 Å². The van der Waals surface area contributed by atoms with Crippen LogP contribution in [0.3, 0.4) is 0 Å². The number of aliphatic hydroxyl groups is 1. The van der Waals surface area contributed by atoms with Crippen LogP contribution in [0.4, 0.5) is 13.2 Å². The van der Waals surface area contributed by atoms with Crippen LogP contribution in [0.1, 0.15) is 43.9 Å². The molecule has 4 nitrogen and oxygen atoms in total. The molecule has 3 aliphatic rings. The maximum Gasteiger partial charge on any atom is 0.416 e. The average Bonchev–Trinajstić information content (AvgIpc) is 3.13. The van der Waals surface area contributed by atoms with Gasteiger partial charge in [-0.3, -0.25) is 9.78 Å². The van der Waals surface area contributed by atoms with E-state index >= 15 is 0 Å². The number of carbonyl (C=O) groups excluding carboxylic acids is 1. The first-order valence-electron chi connectivity index (χ1n) is 11.9. The molecular weight excluding hydrogens is 443 g/mol. The number of aromatic nitrogens is 1. The van der Waals surface area contributed by atoms with E-state index < -0.39 is 23.8 Å². The number of esters is 1. The van der Waals surface area contributed by atoms with Crippen LogP contribution >= 0.6 is 0 Å². The summed E-state index contributed by atoms with van der Waals surface area (Å²) in [5.74, 6) is -0.356. The van der Waals surface area contributed by atoms with Crippen molar-refractivity contribution in [1.29, 1.82) is 0 Å². The fourth-order valence-corrected chi connectivity index (χ4v) is 6.38. The van der Waals surface area contributed by atoms with Crippen molar-refractivity contribution >= 4 is 12.0 Å². The van der Waals surface area contributed by atoms with E-state index in [0.29, 0.717) is 22.7 Å². The Hall–Kier alpha value is -2.67. The van der Waals surface area contributed by atoms with Gasteiger partial charge in [0.2, 0.25) is 0 Å². The Bertz CT molecular complexity index is 1080. The summed E-state index contributed by atoms with van der Waals surface area (Å²) in [6.07, 6.45) is 4.44. The number of rotatable bonds is 3. The van der Waals surface area contributed by atoms with E-state index in [2.05, 4.69) is 11.1 Å². The van der Waals surface area contributed by atoms with Crippen LogP contribution in [-0.2, 0) is 15.7 Å². The summed E-state index contributed by atoms with van der Waals surface area (Å²) in [6.45, 7) is 1.90. The fourth-order valence-electron chi connectivity index (χ4n) is 6.38. The molecule has 1 aromatic heterocycles. The molecule has 0 radical (unpaired) electrons. The molecule has 5 rings (SSSR count). The molecule has 180 valence electrons. The minimum absolute atomic E-state index is 0.0671. The lowest BCUT2D eigenvalue weighted by Gasteiger charge is -2.48. The van der Waals surface area contributed by atoms with Crippen molar-refractivity contribution in [3.63, 3.8) is 0 Å². The minimum Gasteiger partial charge on any atom is -0.462 e. The lowest BCUT2D eigenvalue weighted by molar-refractivity contribution is -0.149. The summed E-state index contributed by atoms with van der Waals surface area (Å²) < 4.78 is 44.7. The van der Waals surface area contributed by atoms with Gasteiger partial charge in [0, 0.05) is 17.7 Å². The third-order valence-electron chi connectivity index (χ3n) is 7.95. The quantitative estimate of drug-likeness (QED) is 0.579. The van der Waals surface area contributed by atoms with E-state index in [1.165, 1.54) is 6.07 Å². The molecule has 0 amide bonds. The van der Waals surface area contributed by atoms with Gasteiger partial charge in [0.15, 0.2) is 0 Å². The predicted octanol–water partition coefficient (Wildman–Crippen LogP) is 5.76. The summed E-state index contributed by atoms with van der Waals surface area (Å²) in [5, 5.41) is 11.0. The van der Waals surface area contributed by atoms with Crippen LogP contribution in [-0.4, -0.2) is 28.3 Å². The Labute approximate surface area is 196 Å². The minimum atomic E-state index is -4.39. The summed E-state index contributed by atoms with van der Waals surface area (Å²) in [7, 11) is 0. The highest BCUT2D eigenvalue weighted by Gasteiger charge is 2.58. The SMILES string of the molecule is C[C@H]1OC(=O)[C@@H]2[C@@H](O)[C@@H]3CCCC[C@H]3[C@@H](/C=C/c3ccc(-c4cccc(C(F)(F)F)c4)cn3)[C@@H]21. The molecule has 2 heterocycles. The zero-order valence-electron chi connectivity index (χ0n) is 18.9. The highest BCUT2D eigenvalue weighted by Crippen LogP contribution is 2.53. The molecule has 0 spiro atoms. The number of nitrogens with zero attached hydrogens (tertiary/aromatic N) is 1. The number of fused-ring (bicyclic) bond motifs is 2. The number of aliphatic hydroxyl groups excluding tert-OH is 1. The predicted molar refractivity (Wildman–Crippen MR) is 121 cm³/mol. The maximum atomic E-state index is 13.0. The van der Waals surface area contributed by atoms with Gasteiger partial charge < -0.3 is 9.84 Å². The van der Waals surface area contributed by atoms with Gasteiger partial charge in [-0.25, -0.2) is 0 Å². The van der Waals surface area contributed by atoms with Crippen LogP contribution in [0.2, 0.25) is 0 Å². The summed E-state index contributed by atoms with van der Waals surface area (Å²) >= 11 is 0. The van der Waals surface area contributed by atoms with E-state index in [4.69, 9.17) is 4.74 Å². The Morgan fingerprint density at radius 2 is 1.85 bits per heavy atom. The van der Waals surface area contributed by atoms with E-state index in [-0.39, 0.29) is 29.8 Å². The van der Waals surface area contributed by atoms with Gasteiger partial charge in [-0.15, -0.1) is 0 Å². The van der Waals surface area contributed by atoms with Crippen molar-refractivity contribution in [1.82, 2.24) is 4.98 Å². The second-order valence-electron chi connectivity index (χ2n) is 9.83. The molecule has 2 aromatic rings. The van der Waals surface area contributed by atoms with Gasteiger partial charge in [-0.1, -0.05) is 37.1 Å². The summed E-state index contributed by atoms with van der Waals surface area (Å²) in [4.78, 5) is 16.9. The zero-order chi connectivity index (χ0) is 24.0. The Kier molecular flexibility index (Phi) is 6.00. The molecular formula is C27H28F3NO3. The molecule has 0 bridgehead atoms. The van der Waals surface area contributed by atoms with Gasteiger partial charge in [-0.2, -0.15) is 13.2 Å². The number of cyclic esters (lactones) is 1. The third-order valence-corrected chi connectivity index (χ3v) is 7.95. The van der Waals surface area contributed by atoms with Gasteiger partial charge in [0.05, 0.1) is 23.3 Å². The van der Waals surface area contributed by atoms with Gasteiger partial charge >= 0.3 is 12.1 Å². The first-order chi connectivity index (χ1) is 16.2. The monoisotopic (exact) mass is 471 g/mol. The van der Waals surface area contributed by atoms with Gasteiger partial charge in [-0.05, 0) is 67.4 Å². The third kappa shape index (κ3) is 4.15. The molecule has 3 fully saturated rings. The van der Waals surface area contributed by atoms with Crippen molar-refractivity contribution in [3.8, 4) is 11.1 Å². The second kappa shape index (κ2) is 8.84. The molecule has 2 aliphatic carbocycles. The normalized spacial score (nSPS) is 33.4. The summed E-state index contributed by atoms with van der Waals surface area (Å²) in [5.41, 5.74) is 1.08. The van der Waals surface area contributed by atoms with Crippen molar-refractivity contribution in [2.45, 2.75) is 51.0 Å². The van der Waals surface area contributed by atoms with Crippen molar-refractivity contribution in [2.24, 2.45) is 29.6 Å². The summed E-state index contributed by atoms with van der Waals surface area (Å²) in [6, 6.07) is 8.77. The topological polar surface area (TPSA) is 59.4 Å². The Morgan fingerprint density at radius 3 is 2.56 bits per heavy atom. The molecule has 1 N–H and O–H groups in total. The van der Waals surface area contributed by atoms with Gasteiger partial charge in [0.25, 0.3) is 0 Å². The molecule has 7 atom stereocenters. The van der Waals surface area contributed by atoms with Crippen molar-refractivity contribution in [2.75, 3.05) is 0 Å². The molecule has 1 aromatic carbocycles. The van der Waals surface area contributed by atoms with Crippen LogP contribution in [0.15, 0.2) is 48.7 Å². The van der Waals surface area contributed by atoms with Crippen LogP contribution in [0, 0.1) is 29.6 Å². The van der Waals surface area contributed by atoms with Crippen molar-refractivity contribution < 1.29 is 27.8 Å². The number of halogens is 3. The Morgan fingerprint density at radius 1 is 1.09 bits per heavy atom.